The van der Waals surface area contributed by atoms with Gasteiger partial charge in [-0.1, -0.05) is 11.2 Å². The molecule has 0 radical (unpaired) electrons. The van der Waals surface area contributed by atoms with Crippen LogP contribution in [0.1, 0.15) is 79.9 Å². The molecule has 2 fully saturated rings. The molecule has 0 unspecified atom stereocenters. The van der Waals surface area contributed by atoms with Gasteiger partial charge in [0.15, 0.2) is 17.3 Å². The van der Waals surface area contributed by atoms with E-state index >= 15 is 0 Å². The van der Waals surface area contributed by atoms with E-state index in [1.54, 1.807) is 6.07 Å². The van der Waals surface area contributed by atoms with Crippen molar-refractivity contribution in [3.05, 3.63) is 46.2 Å². The highest BCUT2D eigenvalue weighted by Gasteiger charge is 2.48. The fourth-order valence-electron chi connectivity index (χ4n) is 7.99. The molecule has 0 amide bonds. The van der Waals surface area contributed by atoms with E-state index in [9.17, 15) is 9.65 Å². The van der Waals surface area contributed by atoms with Crippen molar-refractivity contribution >= 4 is 5.69 Å². The zero-order valence-corrected chi connectivity index (χ0v) is 26.6. The number of ether oxygens (including phenoxy) is 2. The molecule has 1 aromatic carbocycles. The van der Waals surface area contributed by atoms with E-state index in [4.69, 9.17) is 29.7 Å². The Kier molecular flexibility index (Phi) is 7.48. The third kappa shape index (κ3) is 5.12. The number of nitrogen functional groups attached to an aromatic ring is 1. The van der Waals surface area contributed by atoms with Crippen molar-refractivity contribution in [2.75, 3.05) is 40.0 Å². The maximum Gasteiger partial charge on any atom is 0.221 e. The van der Waals surface area contributed by atoms with E-state index < -0.39 is 11.6 Å². The maximum absolute atomic E-state index is 14.2. The van der Waals surface area contributed by atoms with Gasteiger partial charge < -0.3 is 24.6 Å². The van der Waals surface area contributed by atoms with Crippen molar-refractivity contribution in [2.24, 2.45) is 0 Å². The zero-order valence-electron chi connectivity index (χ0n) is 26.6. The molecule has 7 rings (SSSR count). The first-order chi connectivity index (χ1) is 21.6. The predicted octanol–water partition coefficient (Wildman–Crippen LogP) is 4.83. The Bertz CT molecular complexity index is 1640. The molecule has 3 aromatic rings. The molecule has 2 N–H and O–H groups in total. The zero-order chi connectivity index (χ0) is 31.5. The number of nitriles is 1. The highest BCUT2D eigenvalue weighted by Crippen LogP contribution is 2.53. The number of nitrogens with two attached hydrogens (primary N) is 1. The average molecular weight is 616 g/mol. The minimum absolute atomic E-state index is 0.00374. The van der Waals surface area contributed by atoms with Crippen molar-refractivity contribution < 1.29 is 18.4 Å². The number of aromatic nitrogens is 3. The Balaban J connectivity index is 1.28. The van der Waals surface area contributed by atoms with Crippen LogP contribution in [-0.4, -0.2) is 83.1 Å². The molecule has 45 heavy (non-hydrogen) atoms. The van der Waals surface area contributed by atoms with Crippen molar-refractivity contribution in [3.63, 3.8) is 0 Å². The molecule has 1 saturated heterocycles. The number of benzene rings is 1. The van der Waals surface area contributed by atoms with Crippen LogP contribution in [0.25, 0.3) is 11.5 Å². The first-order valence-electron chi connectivity index (χ1n) is 16.2. The van der Waals surface area contributed by atoms with E-state index in [0.717, 1.165) is 73.8 Å². The highest BCUT2D eigenvalue weighted by molar-refractivity contribution is 5.67. The summed E-state index contributed by atoms with van der Waals surface area (Å²) in [6.07, 6.45) is 6.62. The lowest BCUT2D eigenvalue weighted by atomic mass is 9.61. The number of alkyl halides is 1. The van der Waals surface area contributed by atoms with E-state index in [1.807, 2.05) is 24.9 Å². The van der Waals surface area contributed by atoms with Gasteiger partial charge in [0.2, 0.25) is 11.8 Å². The number of hydrogen-bond acceptors (Lipinski definition) is 10. The fraction of sp³-hybridized carbons (Fsp3) is 0.588. The molecule has 4 aliphatic rings. The summed E-state index contributed by atoms with van der Waals surface area (Å²) in [6.45, 7) is 2.84. The Hall–Kier alpha value is -3.75. The van der Waals surface area contributed by atoms with Gasteiger partial charge in [0, 0.05) is 23.8 Å². The Morgan fingerprint density at radius 1 is 1.18 bits per heavy atom. The van der Waals surface area contributed by atoms with Crippen molar-refractivity contribution in [1.82, 2.24) is 24.9 Å². The van der Waals surface area contributed by atoms with Gasteiger partial charge in [0.1, 0.15) is 25.0 Å². The lowest BCUT2D eigenvalue weighted by Crippen LogP contribution is -2.38. The summed E-state index contributed by atoms with van der Waals surface area (Å²) in [5.74, 6) is 1.92. The van der Waals surface area contributed by atoms with Gasteiger partial charge in [-0.05, 0) is 103 Å². The SMILES string of the molecule is C[C@H](Oc1cc(OCC2(N(C)C)CC2)nc(-c2noc3c2CCC[C@@]32CCCc3ccc(N)c(C#N)c32)n1)[C@@H]1C[C@@H](F)CN1C. The van der Waals surface area contributed by atoms with E-state index in [1.165, 1.54) is 0 Å². The fourth-order valence-corrected chi connectivity index (χ4v) is 7.99. The number of hydrogen-bond donors (Lipinski definition) is 1. The smallest absolute Gasteiger partial charge is 0.221 e. The monoisotopic (exact) mass is 615 g/mol. The number of fused-ring (bicyclic) bond motifs is 4. The number of halogens is 1. The molecular weight excluding hydrogens is 573 g/mol. The molecule has 1 saturated carbocycles. The molecule has 4 atom stereocenters. The maximum atomic E-state index is 14.2. The second kappa shape index (κ2) is 11.2. The summed E-state index contributed by atoms with van der Waals surface area (Å²) in [4.78, 5) is 13.9. The van der Waals surface area contributed by atoms with Crippen molar-refractivity contribution in [2.45, 2.75) is 94.0 Å². The van der Waals surface area contributed by atoms with Gasteiger partial charge in [-0.3, -0.25) is 4.90 Å². The minimum atomic E-state index is -0.873. The number of rotatable bonds is 8. The van der Waals surface area contributed by atoms with Gasteiger partial charge >= 0.3 is 0 Å². The largest absolute Gasteiger partial charge is 0.475 e. The number of likely N-dealkylation sites (N-methyl/N-ethyl adjacent to an activating group) is 2. The Morgan fingerprint density at radius 3 is 2.62 bits per heavy atom. The number of anilines is 1. The molecular formula is C34H42FN7O3. The summed E-state index contributed by atoms with van der Waals surface area (Å²) >= 11 is 0. The molecule has 1 aliphatic heterocycles. The van der Waals surface area contributed by atoms with Crippen LogP contribution in [-0.2, 0) is 18.3 Å². The van der Waals surface area contributed by atoms with Crippen LogP contribution in [0.3, 0.4) is 0 Å². The van der Waals surface area contributed by atoms with E-state index in [0.29, 0.717) is 54.1 Å². The normalized spacial score (nSPS) is 25.9. The molecule has 1 spiro atoms. The molecule has 3 aliphatic carbocycles. The van der Waals surface area contributed by atoms with Crippen LogP contribution in [0, 0.1) is 11.3 Å². The van der Waals surface area contributed by atoms with Crippen LogP contribution >= 0.6 is 0 Å². The first kappa shape index (κ1) is 29.9. The van der Waals surface area contributed by atoms with Crippen LogP contribution in [0.15, 0.2) is 22.7 Å². The summed E-state index contributed by atoms with van der Waals surface area (Å²) in [6, 6.07) is 7.94. The lowest BCUT2D eigenvalue weighted by molar-refractivity contribution is 0.115. The molecule has 0 bridgehead atoms. The van der Waals surface area contributed by atoms with Gasteiger partial charge in [0.25, 0.3) is 0 Å². The molecule has 2 aromatic heterocycles. The Morgan fingerprint density at radius 2 is 1.93 bits per heavy atom. The van der Waals surface area contributed by atoms with Gasteiger partial charge in [0.05, 0.1) is 22.6 Å². The second-order valence-electron chi connectivity index (χ2n) is 13.7. The molecule has 11 heteroatoms. The third-order valence-corrected chi connectivity index (χ3v) is 10.8. The first-order valence-corrected chi connectivity index (χ1v) is 16.2. The molecule has 238 valence electrons. The van der Waals surface area contributed by atoms with Gasteiger partial charge in [-0.25, -0.2) is 4.39 Å². The van der Waals surface area contributed by atoms with Crippen LogP contribution in [0.5, 0.6) is 11.8 Å². The van der Waals surface area contributed by atoms with Crippen LogP contribution in [0.2, 0.25) is 0 Å². The third-order valence-electron chi connectivity index (χ3n) is 10.8. The number of aryl methyl sites for hydroxylation is 1. The standard InChI is InChI=1S/C34H42FN7O3/c1-20(26-15-22(35)18-42(26)4)44-28-16-27(43-19-33(13-14-33)41(2)3)38-32(39-28)30-23-8-6-12-34(31(23)45-40-30)11-5-7-21-9-10-25(37)24(17-36)29(21)34/h9-10,16,20,22,26H,5-8,11-15,18-19,37H2,1-4H3/t20-,22+,26-,34+/m0/s1. The van der Waals surface area contributed by atoms with Crippen LogP contribution < -0.4 is 15.2 Å². The Labute approximate surface area is 263 Å². The van der Waals surface area contributed by atoms with E-state index in [-0.39, 0.29) is 17.7 Å². The summed E-state index contributed by atoms with van der Waals surface area (Å²) in [5.41, 5.74) is 10.5. The topological polar surface area (TPSA) is 127 Å². The number of likely N-dealkylation sites (tertiary alicyclic amines) is 1. The second-order valence-corrected chi connectivity index (χ2v) is 13.7. The van der Waals surface area contributed by atoms with Crippen molar-refractivity contribution in [1.29, 1.82) is 5.26 Å². The van der Waals surface area contributed by atoms with Crippen molar-refractivity contribution in [3.8, 4) is 29.3 Å². The van der Waals surface area contributed by atoms with Crippen LogP contribution in [0.4, 0.5) is 10.1 Å². The average Bonchev–Trinajstić information content (AvgIpc) is 3.56. The predicted molar refractivity (Wildman–Crippen MR) is 167 cm³/mol. The molecule has 3 heterocycles. The number of nitrogens with zero attached hydrogens (tertiary/aromatic N) is 6. The minimum Gasteiger partial charge on any atom is -0.475 e. The van der Waals surface area contributed by atoms with E-state index in [2.05, 4.69) is 36.3 Å². The molecule has 10 nitrogen and oxygen atoms in total. The highest BCUT2D eigenvalue weighted by atomic mass is 19.1. The summed E-state index contributed by atoms with van der Waals surface area (Å²) < 4.78 is 33.1. The van der Waals surface area contributed by atoms with Gasteiger partial charge in [-0.15, -0.1) is 0 Å². The lowest BCUT2D eigenvalue weighted by Gasteiger charge is -2.41. The summed E-state index contributed by atoms with van der Waals surface area (Å²) in [5, 5.41) is 14.7. The summed E-state index contributed by atoms with van der Waals surface area (Å²) in [7, 11) is 6.06. The van der Waals surface area contributed by atoms with Gasteiger partial charge in [-0.2, -0.15) is 15.2 Å². The quantitative estimate of drug-likeness (QED) is 0.352.